The average molecular weight is 287 g/mol. The number of aliphatic hydroxyl groups is 1. The molecule has 1 saturated carbocycles. The predicted molar refractivity (Wildman–Crippen MR) is 84.1 cm³/mol. The maximum absolute atomic E-state index is 11.6. The van der Waals surface area contributed by atoms with Crippen molar-refractivity contribution >= 4 is 0 Å². The fraction of sp³-hybridized carbons (Fsp3) is 0.556. The Labute approximate surface area is 126 Å². The van der Waals surface area contributed by atoms with Gasteiger partial charge in [-0.05, 0) is 63.0 Å². The molecule has 0 aliphatic heterocycles. The summed E-state index contributed by atoms with van der Waals surface area (Å²) in [6.07, 6.45) is 6.54. The number of nitrogens with zero attached hydrogens (tertiary/aromatic N) is 1. The van der Waals surface area contributed by atoms with Crippen LogP contribution in [0.25, 0.3) is 0 Å². The number of benzene rings is 1. The first kappa shape index (κ1) is 14.6. The maximum Gasteiger partial charge on any atom is 0.116 e. The molecule has 0 aromatic heterocycles. The van der Waals surface area contributed by atoms with Crippen LogP contribution in [0.3, 0.4) is 0 Å². The standard InChI is InChI=1S/C18H25NO2/c1-12-8-15(10-16(20)9-12)18(21)14(11-19(2)3)6-4-13-5-7-17(13)18/h5,7-10,13-14,17,20-21H,4,6,11H2,1-3H3. The van der Waals surface area contributed by atoms with Crippen LogP contribution in [0.5, 0.6) is 5.75 Å². The first-order valence-corrected chi connectivity index (χ1v) is 7.78. The summed E-state index contributed by atoms with van der Waals surface area (Å²) in [5.41, 5.74) is 0.990. The second-order valence-corrected chi connectivity index (χ2v) is 6.99. The van der Waals surface area contributed by atoms with E-state index in [9.17, 15) is 10.2 Å². The highest BCUT2D eigenvalue weighted by atomic mass is 16.3. The molecule has 1 aromatic rings. The Bertz CT molecular complexity index is 546. The van der Waals surface area contributed by atoms with Crippen molar-refractivity contribution in [2.24, 2.45) is 17.8 Å². The van der Waals surface area contributed by atoms with Crippen molar-refractivity contribution in [2.45, 2.75) is 25.4 Å². The summed E-state index contributed by atoms with van der Waals surface area (Å²) in [6.45, 7) is 2.83. The Morgan fingerprint density at radius 3 is 2.52 bits per heavy atom. The third kappa shape index (κ3) is 2.39. The van der Waals surface area contributed by atoms with Gasteiger partial charge in [0, 0.05) is 18.4 Å². The summed E-state index contributed by atoms with van der Waals surface area (Å²) in [4.78, 5) is 2.15. The van der Waals surface area contributed by atoms with Gasteiger partial charge in [0.05, 0.1) is 0 Å². The van der Waals surface area contributed by atoms with Gasteiger partial charge in [0.1, 0.15) is 11.4 Å². The summed E-state index contributed by atoms with van der Waals surface area (Å²) >= 11 is 0. The molecular weight excluding hydrogens is 262 g/mol. The smallest absolute Gasteiger partial charge is 0.116 e. The molecule has 2 N–H and O–H groups in total. The van der Waals surface area contributed by atoms with Crippen LogP contribution in [0.1, 0.15) is 24.0 Å². The van der Waals surface area contributed by atoms with Crippen LogP contribution < -0.4 is 0 Å². The molecule has 4 atom stereocenters. The molecule has 4 unspecified atom stereocenters. The van der Waals surface area contributed by atoms with E-state index in [2.05, 4.69) is 31.1 Å². The van der Waals surface area contributed by atoms with E-state index in [1.165, 1.54) is 0 Å². The lowest BCUT2D eigenvalue weighted by Crippen LogP contribution is -2.53. The molecule has 0 spiro atoms. The van der Waals surface area contributed by atoms with Gasteiger partial charge in [0.25, 0.3) is 0 Å². The number of hydrogen-bond acceptors (Lipinski definition) is 3. The van der Waals surface area contributed by atoms with E-state index in [1.54, 1.807) is 12.1 Å². The van der Waals surface area contributed by atoms with Crippen molar-refractivity contribution in [1.82, 2.24) is 4.90 Å². The minimum Gasteiger partial charge on any atom is -0.508 e. The van der Waals surface area contributed by atoms with Crippen molar-refractivity contribution in [2.75, 3.05) is 20.6 Å². The molecule has 0 heterocycles. The number of aromatic hydroxyl groups is 1. The molecule has 1 fully saturated rings. The van der Waals surface area contributed by atoms with Crippen LogP contribution in [0.2, 0.25) is 0 Å². The molecule has 2 aliphatic rings. The van der Waals surface area contributed by atoms with Crippen molar-refractivity contribution in [3.63, 3.8) is 0 Å². The summed E-state index contributed by atoms with van der Waals surface area (Å²) < 4.78 is 0. The third-order valence-corrected chi connectivity index (χ3v) is 5.12. The van der Waals surface area contributed by atoms with E-state index in [1.807, 2.05) is 13.0 Å². The topological polar surface area (TPSA) is 43.7 Å². The predicted octanol–water partition coefficient (Wildman–Crippen LogP) is 2.66. The van der Waals surface area contributed by atoms with Gasteiger partial charge < -0.3 is 15.1 Å². The van der Waals surface area contributed by atoms with E-state index in [0.29, 0.717) is 5.92 Å². The fourth-order valence-corrected chi connectivity index (χ4v) is 4.11. The SMILES string of the molecule is Cc1cc(O)cc(C2(O)C(CN(C)C)CCC3C=CC32)c1. The van der Waals surface area contributed by atoms with Gasteiger partial charge in [-0.25, -0.2) is 0 Å². The first-order valence-electron chi connectivity index (χ1n) is 7.78. The van der Waals surface area contributed by atoms with Crippen LogP contribution in [-0.2, 0) is 5.60 Å². The van der Waals surface area contributed by atoms with E-state index in [-0.39, 0.29) is 17.6 Å². The van der Waals surface area contributed by atoms with Crippen molar-refractivity contribution in [3.8, 4) is 5.75 Å². The number of phenols is 1. The highest BCUT2D eigenvalue weighted by Gasteiger charge is 2.52. The molecule has 0 bridgehead atoms. The van der Waals surface area contributed by atoms with Gasteiger partial charge in [0.15, 0.2) is 0 Å². The van der Waals surface area contributed by atoms with Crippen LogP contribution in [0, 0.1) is 24.7 Å². The highest BCUT2D eigenvalue weighted by molar-refractivity contribution is 5.39. The summed E-state index contributed by atoms with van der Waals surface area (Å²) in [5.74, 6) is 1.10. The molecule has 3 rings (SSSR count). The van der Waals surface area contributed by atoms with Crippen LogP contribution in [-0.4, -0.2) is 35.8 Å². The van der Waals surface area contributed by atoms with Crippen molar-refractivity contribution in [3.05, 3.63) is 41.5 Å². The molecule has 2 aliphatic carbocycles. The zero-order chi connectivity index (χ0) is 15.2. The molecule has 1 aromatic carbocycles. The average Bonchev–Trinajstić information content (AvgIpc) is 2.33. The van der Waals surface area contributed by atoms with Gasteiger partial charge in [-0.1, -0.05) is 18.2 Å². The van der Waals surface area contributed by atoms with E-state index >= 15 is 0 Å². The number of phenolic OH excluding ortho intramolecular Hbond substituents is 1. The second kappa shape index (κ2) is 5.15. The highest BCUT2D eigenvalue weighted by Crippen LogP contribution is 2.53. The monoisotopic (exact) mass is 287 g/mol. The Morgan fingerprint density at radius 2 is 1.95 bits per heavy atom. The Balaban J connectivity index is 2.04. The van der Waals surface area contributed by atoms with E-state index in [0.717, 1.165) is 30.5 Å². The van der Waals surface area contributed by atoms with Gasteiger partial charge in [0.2, 0.25) is 0 Å². The third-order valence-electron chi connectivity index (χ3n) is 5.12. The number of aryl methyl sites for hydroxylation is 1. The molecule has 0 radical (unpaired) electrons. The zero-order valence-corrected chi connectivity index (χ0v) is 13.1. The van der Waals surface area contributed by atoms with Crippen LogP contribution >= 0.6 is 0 Å². The Kier molecular flexibility index (Phi) is 3.58. The summed E-state index contributed by atoms with van der Waals surface area (Å²) in [5, 5.41) is 21.5. The zero-order valence-electron chi connectivity index (χ0n) is 13.1. The fourth-order valence-electron chi connectivity index (χ4n) is 4.11. The van der Waals surface area contributed by atoms with Gasteiger partial charge >= 0.3 is 0 Å². The lowest BCUT2D eigenvalue weighted by molar-refractivity contribution is -0.113. The molecular formula is C18H25NO2. The normalized spacial score (nSPS) is 34.6. The number of allylic oxidation sites excluding steroid dienone is 1. The van der Waals surface area contributed by atoms with E-state index < -0.39 is 5.60 Å². The summed E-state index contributed by atoms with van der Waals surface area (Å²) in [7, 11) is 4.10. The van der Waals surface area contributed by atoms with Gasteiger partial charge in [-0.3, -0.25) is 0 Å². The quantitative estimate of drug-likeness (QED) is 0.840. The summed E-state index contributed by atoms with van der Waals surface area (Å²) in [6, 6.07) is 5.51. The molecule has 114 valence electrons. The van der Waals surface area contributed by atoms with Gasteiger partial charge in [-0.15, -0.1) is 0 Å². The molecule has 0 amide bonds. The Hall–Kier alpha value is -1.32. The minimum atomic E-state index is -0.870. The lowest BCUT2D eigenvalue weighted by Gasteiger charge is -2.52. The molecule has 21 heavy (non-hydrogen) atoms. The first-order chi connectivity index (χ1) is 9.91. The molecule has 0 saturated heterocycles. The Morgan fingerprint density at radius 1 is 1.19 bits per heavy atom. The number of fused-ring (bicyclic) bond motifs is 1. The van der Waals surface area contributed by atoms with Crippen LogP contribution in [0.15, 0.2) is 30.4 Å². The number of hydrogen-bond donors (Lipinski definition) is 2. The molecule has 3 nitrogen and oxygen atoms in total. The van der Waals surface area contributed by atoms with Crippen molar-refractivity contribution in [1.29, 1.82) is 0 Å². The largest absolute Gasteiger partial charge is 0.508 e. The second-order valence-electron chi connectivity index (χ2n) is 6.99. The number of rotatable bonds is 3. The lowest BCUT2D eigenvalue weighted by atomic mass is 9.56. The van der Waals surface area contributed by atoms with Gasteiger partial charge in [-0.2, -0.15) is 0 Å². The minimum absolute atomic E-state index is 0.178. The van der Waals surface area contributed by atoms with E-state index in [4.69, 9.17) is 0 Å². The molecule has 3 heteroatoms. The maximum atomic E-state index is 11.6. The van der Waals surface area contributed by atoms with Crippen molar-refractivity contribution < 1.29 is 10.2 Å². The van der Waals surface area contributed by atoms with Crippen LogP contribution in [0.4, 0.5) is 0 Å².